The highest BCUT2D eigenvalue weighted by atomic mass is 79.9. The van der Waals surface area contributed by atoms with Crippen LogP contribution in [-0.4, -0.2) is 16.5 Å². The number of pyridine rings is 1. The van der Waals surface area contributed by atoms with Gasteiger partial charge in [-0.3, -0.25) is 4.79 Å². The van der Waals surface area contributed by atoms with Crippen molar-refractivity contribution in [3.8, 4) is 6.07 Å². The van der Waals surface area contributed by atoms with Crippen LogP contribution in [0.3, 0.4) is 0 Å². The van der Waals surface area contributed by atoms with Crippen LogP contribution in [0.4, 0.5) is 0 Å². The van der Waals surface area contributed by atoms with Crippen molar-refractivity contribution < 1.29 is 4.79 Å². The molecule has 1 aliphatic rings. The van der Waals surface area contributed by atoms with E-state index in [0.29, 0.717) is 16.2 Å². The maximum Gasteiger partial charge on any atom is 0.174 e. The molecule has 0 bridgehead atoms. The smallest absolute Gasteiger partial charge is 0.174 e. The Hall–Kier alpha value is -1.64. The molecule has 128 valence electrons. The number of carbonyl (C=O) groups excluding carboxylic acids is 1. The molecule has 0 N–H and O–H groups in total. The number of carbonyl (C=O) groups is 1. The molecule has 0 fully saturated rings. The van der Waals surface area contributed by atoms with Gasteiger partial charge in [-0.1, -0.05) is 52.8 Å². The zero-order chi connectivity index (χ0) is 17.8. The molecule has 0 amide bonds. The van der Waals surface area contributed by atoms with Gasteiger partial charge in [-0.2, -0.15) is 5.26 Å². The predicted octanol–water partition coefficient (Wildman–Crippen LogP) is 5.13. The summed E-state index contributed by atoms with van der Waals surface area (Å²) in [5.41, 5.74) is 4.87. The van der Waals surface area contributed by atoms with E-state index in [0.717, 1.165) is 41.4 Å². The van der Waals surface area contributed by atoms with Gasteiger partial charge in [0.15, 0.2) is 5.78 Å². The monoisotopic (exact) mass is 414 g/mol. The number of rotatable bonds is 5. The van der Waals surface area contributed by atoms with Crippen LogP contribution in [0.15, 0.2) is 33.8 Å². The van der Waals surface area contributed by atoms with Gasteiger partial charge in [-0.15, -0.1) is 0 Å². The van der Waals surface area contributed by atoms with Crippen molar-refractivity contribution in [2.45, 2.75) is 44.1 Å². The highest BCUT2D eigenvalue weighted by Gasteiger charge is 2.22. The molecule has 1 aromatic heterocycles. The Morgan fingerprint density at radius 1 is 1.28 bits per heavy atom. The number of ketones is 1. The van der Waals surface area contributed by atoms with E-state index < -0.39 is 0 Å². The number of aryl methyl sites for hydroxylation is 1. The molecule has 1 heterocycles. The Morgan fingerprint density at radius 2 is 2.00 bits per heavy atom. The van der Waals surface area contributed by atoms with Crippen LogP contribution in [0, 0.1) is 11.3 Å². The molecule has 0 saturated heterocycles. The zero-order valence-corrected chi connectivity index (χ0v) is 16.5. The zero-order valence-electron chi connectivity index (χ0n) is 14.1. The van der Waals surface area contributed by atoms with Crippen LogP contribution in [0.25, 0.3) is 0 Å². The summed E-state index contributed by atoms with van der Waals surface area (Å²) in [5, 5.41) is 10.4. The number of hydrogen-bond donors (Lipinski definition) is 0. The van der Waals surface area contributed by atoms with Crippen molar-refractivity contribution in [2.24, 2.45) is 0 Å². The fourth-order valence-corrected chi connectivity index (χ4v) is 4.70. The van der Waals surface area contributed by atoms with Gasteiger partial charge in [-0.05, 0) is 49.3 Å². The third kappa shape index (κ3) is 3.80. The van der Waals surface area contributed by atoms with Gasteiger partial charge in [0.1, 0.15) is 11.1 Å². The van der Waals surface area contributed by atoms with E-state index in [9.17, 15) is 10.1 Å². The van der Waals surface area contributed by atoms with E-state index in [-0.39, 0.29) is 11.5 Å². The number of nitriles is 1. The maximum atomic E-state index is 12.5. The first-order valence-corrected chi connectivity index (χ1v) is 10.3. The van der Waals surface area contributed by atoms with E-state index in [1.54, 1.807) is 0 Å². The normalized spacial score (nSPS) is 13.2. The van der Waals surface area contributed by atoms with Crippen LogP contribution in [0.1, 0.15) is 52.5 Å². The molecule has 25 heavy (non-hydrogen) atoms. The Bertz CT molecular complexity index is 858. The number of nitrogens with zero attached hydrogens (tertiary/aromatic N) is 2. The standard InChI is InChI=1S/C20H19BrN2OS/c1-2-18-14-8-4-3-7-13(14)16(11-22)20(23-18)25-12-19(24)15-9-5-6-10-17(15)21/h5-6,9-10H,2-4,7-8,12H2,1H3. The third-order valence-electron chi connectivity index (χ3n) is 4.53. The second kappa shape index (κ2) is 8.16. The lowest BCUT2D eigenvalue weighted by atomic mass is 9.87. The number of fused-ring (bicyclic) bond motifs is 1. The number of halogens is 1. The quantitative estimate of drug-likeness (QED) is 0.502. The predicted molar refractivity (Wildman–Crippen MR) is 104 cm³/mol. The van der Waals surface area contributed by atoms with Crippen molar-refractivity contribution in [1.82, 2.24) is 4.98 Å². The van der Waals surface area contributed by atoms with Crippen LogP contribution in [0.5, 0.6) is 0 Å². The highest BCUT2D eigenvalue weighted by Crippen LogP contribution is 2.33. The molecule has 0 radical (unpaired) electrons. The maximum absolute atomic E-state index is 12.5. The number of thioether (sulfide) groups is 1. The summed E-state index contributed by atoms with van der Waals surface area (Å²) in [4.78, 5) is 17.3. The number of Topliss-reactive ketones (excluding diaryl/α,β-unsaturated/α-hetero) is 1. The van der Waals surface area contributed by atoms with E-state index in [2.05, 4.69) is 28.9 Å². The van der Waals surface area contributed by atoms with E-state index in [1.165, 1.54) is 23.7 Å². The van der Waals surface area contributed by atoms with Crippen molar-refractivity contribution >= 4 is 33.5 Å². The van der Waals surface area contributed by atoms with E-state index >= 15 is 0 Å². The largest absolute Gasteiger partial charge is 0.293 e. The van der Waals surface area contributed by atoms with Crippen molar-refractivity contribution in [3.05, 3.63) is 56.7 Å². The molecule has 1 aromatic carbocycles. The lowest BCUT2D eigenvalue weighted by Crippen LogP contribution is -2.13. The Labute approximate surface area is 161 Å². The molecule has 3 rings (SSSR count). The van der Waals surface area contributed by atoms with Gasteiger partial charge < -0.3 is 0 Å². The van der Waals surface area contributed by atoms with Gasteiger partial charge >= 0.3 is 0 Å². The van der Waals surface area contributed by atoms with Crippen molar-refractivity contribution in [1.29, 1.82) is 5.26 Å². The molecule has 0 unspecified atom stereocenters. The molecule has 0 spiro atoms. The van der Waals surface area contributed by atoms with Crippen molar-refractivity contribution in [3.63, 3.8) is 0 Å². The molecule has 3 nitrogen and oxygen atoms in total. The average molecular weight is 415 g/mol. The van der Waals surface area contributed by atoms with Gasteiger partial charge in [0.2, 0.25) is 0 Å². The minimum absolute atomic E-state index is 0.0407. The summed E-state index contributed by atoms with van der Waals surface area (Å²) in [6, 6.07) is 9.77. The molecule has 0 aliphatic heterocycles. The Morgan fingerprint density at radius 3 is 2.68 bits per heavy atom. The molecule has 5 heteroatoms. The van der Waals surface area contributed by atoms with Crippen LogP contribution in [-0.2, 0) is 19.3 Å². The molecular weight excluding hydrogens is 396 g/mol. The van der Waals surface area contributed by atoms with Gasteiger partial charge in [-0.25, -0.2) is 4.98 Å². The first-order valence-electron chi connectivity index (χ1n) is 8.51. The molecule has 0 atom stereocenters. The Kier molecular flexibility index (Phi) is 5.93. The number of hydrogen-bond acceptors (Lipinski definition) is 4. The number of aromatic nitrogens is 1. The summed E-state index contributed by atoms with van der Waals surface area (Å²) in [6.07, 6.45) is 5.11. The summed E-state index contributed by atoms with van der Waals surface area (Å²) in [6.45, 7) is 2.10. The summed E-state index contributed by atoms with van der Waals surface area (Å²) >= 11 is 4.81. The topological polar surface area (TPSA) is 53.8 Å². The van der Waals surface area contributed by atoms with Gasteiger partial charge in [0.05, 0.1) is 11.3 Å². The third-order valence-corrected chi connectivity index (χ3v) is 6.20. The lowest BCUT2D eigenvalue weighted by Gasteiger charge is -2.21. The fraction of sp³-hybridized carbons (Fsp3) is 0.350. The summed E-state index contributed by atoms with van der Waals surface area (Å²) in [7, 11) is 0. The SMILES string of the molecule is CCc1nc(SCC(=O)c2ccccc2Br)c(C#N)c2c1CCCC2. The first kappa shape index (κ1) is 18.2. The van der Waals surface area contributed by atoms with Crippen molar-refractivity contribution in [2.75, 3.05) is 5.75 Å². The Balaban J connectivity index is 1.89. The average Bonchev–Trinajstić information content (AvgIpc) is 2.65. The minimum Gasteiger partial charge on any atom is -0.293 e. The van der Waals surface area contributed by atoms with Crippen LogP contribution < -0.4 is 0 Å². The second-order valence-electron chi connectivity index (χ2n) is 6.06. The second-order valence-corrected chi connectivity index (χ2v) is 7.88. The lowest BCUT2D eigenvalue weighted by molar-refractivity contribution is 0.102. The molecule has 1 aliphatic carbocycles. The molecule has 0 saturated carbocycles. The van der Waals surface area contributed by atoms with E-state index in [4.69, 9.17) is 4.98 Å². The first-order chi connectivity index (χ1) is 12.2. The van der Waals surface area contributed by atoms with Crippen LogP contribution in [0.2, 0.25) is 0 Å². The van der Waals surface area contributed by atoms with E-state index in [1.807, 2.05) is 24.3 Å². The van der Waals surface area contributed by atoms with Gasteiger partial charge in [0, 0.05) is 15.7 Å². The van der Waals surface area contributed by atoms with Crippen LogP contribution >= 0.6 is 27.7 Å². The molecule has 2 aromatic rings. The summed E-state index contributed by atoms with van der Waals surface area (Å²) in [5.74, 6) is 0.325. The minimum atomic E-state index is 0.0407. The fourth-order valence-electron chi connectivity index (χ4n) is 3.29. The number of benzene rings is 1. The van der Waals surface area contributed by atoms with Gasteiger partial charge in [0.25, 0.3) is 0 Å². The highest BCUT2D eigenvalue weighted by molar-refractivity contribution is 9.10. The molecular formula is C20H19BrN2OS. The summed E-state index contributed by atoms with van der Waals surface area (Å²) < 4.78 is 0.800.